The van der Waals surface area contributed by atoms with E-state index in [1.54, 1.807) is 29.2 Å². The minimum absolute atomic E-state index is 0.0796. The van der Waals surface area contributed by atoms with E-state index in [0.717, 1.165) is 12.1 Å². The van der Waals surface area contributed by atoms with E-state index in [1.165, 1.54) is 18.2 Å². The number of halogens is 1. The monoisotopic (exact) mass is 508 g/mol. The Bertz CT molecular complexity index is 1330. The number of likely N-dealkylation sites (tertiary alicyclic amines) is 1. The molecule has 10 nitrogen and oxygen atoms in total. The van der Waals surface area contributed by atoms with Gasteiger partial charge in [0.25, 0.3) is 0 Å². The van der Waals surface area contributed by atoms with Crippen LogP contribution in [0.4, 0.5) is 15.8 Å². The first kappa shape index (κ1) is 24.8. The van der Waals surface area contributed by atoms with Gasteiger partial charge in [0, 0.05) is 34.8 Å². The minimum atomic E-state index is -1.31. The van der Waals surface area contributed by atoms with Crippen LogP contribution in [0.1, 0.15) is 43.0 Å². The number of anilines is 2. The minimum Gasteiger partial charge on any atom is -0.391 e. The third kappa shape index (κ3) is 5.17. The number of nitrogens with one attached hydrogen (secondary N) is 2. The topological polar surface area (TPSA) is 129 Å². The van der Waals surface area contributed by atoms with Gasteiger partial charge in [-0.2, -0.15) is 0 Å². The number of ketones is 1. The average molecular weight is 509 g/mol. The zero-order valence-electron chi connectivity index (χ0n) is 20.4. The normalized spacial score (nSPS) is 23.4. The molecule has 3 heterocycles. The number of benzene rings is 1. The highest BCUT2D eigenvalue weighted by Crippen LogP contribution is 2.28. The Morgan fingerprint density at radius 1 is 1.16 bits per heavy atom. The molecule has 11 heteroatoms. The second-order valence-electron chi connectivity index (χ2n) is 9.72. The first-order valence-electron chi connectivity index (χ1n) is 12.4. The maximum atomic E-state index is 14.4. The van der Waals surface area contributed by atoms with Crippen molar-refractivity contribution in [3.8, 4) is 0 Å². The molecule has 0 unspecified atom stereocenters. The third-order valence-corrected chi connectivity index (χ3v) is 7.10. The molecular weight excluding hydrogens is 479 g/mol. The molecule has 4 atom stereocenters. The number of hydrogen-bond donors (Lipinski definition) is 3. The summed E-state index contributed by atoms with van der Waals surface area (Å²) in [6, 6.07) is 4.12. The molecule has 3 aromatic rings. The van der Waals surface area contributed by atoms with Crippen LogP contribution in [0.2, 0.25) is 0 Å². The van der Waals surface area contributed by atoms with Crippen LogP contribution in [0.25, 0.3) is 10.9 Å². The molecule has 2 fully saturated rings. The summed E-state index contributed by atoms with van der Waals surface area (Å²) in [5, 5.41) is 16.7. The Labute approximate surface area is 212 Å². The van der Waals surface area contributed by atoms with E-state index in [9.17, 15) is 23.9 Å². The SMILES string of the molecule is CC(=O)c1cn(CC(=O)N2C[C@H](F)C[C@H]2C(=O)N[C@@H]2CCC[C@H]2O)c2ccc(Nc3cncnc3)cc12. The molecule has 194 valence electrons. The van der Waals surface area contributed by atoms with E-state index in [2.05, 4.69) is 20.6 Å². The van der Waals surface area contributed by atoms with Crippen molar-refractivity contribution in [3.63, 3.8) is 0 Å². The molecule has 2 amide bonds. The molecule has 37 heavy (non-hydrogen) atoms. The van der Waals surface area contributed by atoms with E-state index in [4.69, 9.17) is 0 Å². The van der Waals surface area contributed by atoms with Crippen molar-refractivity contribution in [2.75, 3.05) is 11.9 Å². The Morgan fingerprint density at radius 2 is 1.95 bits per heavy atom. The summed E-state index contributed by atoms with van der Waals surface area (Å²) in [6.45, 7) is 1.14. The zero-order chi connectivity index (χ0) is 26.1. The maximum absolute atomic E-state index is 14.4. The van der Waals surface area contributed by atoms with Gasteiger partial charge in [-0.3, -0.25) is 14.4 Å². The third-order valence-electron chi connectivity index (χ3n) is 7.10. The first-order chi connectivity index (χ1) is 17.8. The number of amides is 2. The van der Waals surface area contributed by atoms with E-state index in [1.807, 2.05) is 12.1 Å². The predicted octanol–water partition coefficient (Wildman–Crippen LogP) is 2.35. The number of aliphatic hydroxyl groups excluding tert-OH is 1. The molecule has 2 aliphatic rings. The van der Waals surface area contributed by atoms with Crippen molar-refractivity contribution < 1.29 is 23.9 Å². The Balaban J connectivity index is 1.36. The summed E-state index contributed by atoms with van der Waals surface area (Å²) in [7, 11) is 0. The second kappa shape index (κ2) is 10.3. The van der Waals surface area contributed by atoms with Crippen LogP contribution in [0.15, 0.2) is 43.1 Å². The van der Waals surface area contributed by atoms with E-state index < -0.39 is 30.1 Å². The summed E-state index contributed by atoms with van der Waals surface area (Å²) in [5.41, 5.74) is 2.52. The number of fused-ring (bicyclic) bond motifs is 1. The molecule has 5 rings (SSSR count). The number of alkyl halides is 1. The molecule has 1 aromatic carbocycles. The predicted molar refractivity (Wildman–Crippen MR) is 134 cm³/mol. The lowest BCUT2D eigenvalue weighted by Gasteiger charge is -2.26. The second-order valence-corrected chi connectivity index (χ2v) is 9.72. The van der Waals surface area contributed by atoms with Gasteiger partial charge in [0.15, 0.2) is 5.78 Å². The lowest BCUT2D eigenvalue weighted by atomic mass is 10.1. The van der Waals surface area contributed by atoms with Gasteiger partial charge < -0.3 is 25.2 Å². The van der Waals surface area contributed by atoms with Crippen molar-refractivity contribution >= 4 is 39.9 Å². The summed E-state index contributed by atoms with van der Waals surface area (Å²) in [4.78, 5) is 47.8. The highest BCUT2D eigenvalue weighted by atomic mass is 19.1. The molecule has 0 radical (unpaired) electrons. The molecule has 3 N–H and O–H groups in total. The summed E-state index contributed by atoms with van der Waals surface area (Å²) >= 11 is 0. The Kier molecular flexibility index (Phi) is 6.88. The van der Waals surface area contributed by atoms with Gasteiger partial charge in [-0.15, -0.1) is 0 Å². The van der Waals surface area contributed by atoms with Crippen LogP contribution >= 0.6 is 0 Å². The molecule has 1 aliphatic heterocycles. The van der Waals surface area contributed by atoms with Crippen LogP contribution in [-0.2, 0) is 16.1 Å². The number of rotatable bonds is 7. The number of aromatic nitrogens is 3. The quantitative estimate of drug-likeness (QED) is 0.418. The first-order valence-corrected chi connectivity index (χ1v) is 12.4. The van der Waals surface area contributed by atoms with E-state index in [0.29, 0.717) is 35.0 Å². The smallest absolute Gasteiger partial charge is 0.243 e. The molecular formula is C26H29FN6O4. The van der Waals surface area contributed by atoms with Crippen LogP contribution in [0.5, 0.6) is 0 Å². The lowest BCUT2D eigenvalue weighted by Crippen LogP contribution is -2.51. The van der Waals surface area contributed by atoms with Crippen molar-refractivity contribution in [2.45, 2.75) is 63.5 Å². The van der Waals surface area contributed by atoms with Gasteiger partial charge in [0.2, 0.25) is 11.8 Å². The average Bonchev–Trinajstić information content (AvgIpc) is 3.57. The summed E-state index contributed by atoms with van der Waals surface area (Å²) in [5.74, 6) is -1.02. The van der Waals surface area contributed by atoms with Crippen LogP contribution in [-0.4, -0.2) is 73.0 Å². The van der Waals surface area contributed by atoms with Gasteiger partial charge in [0.05, 0.1) is 36.8 Å². The van der Waals surface area contributed by atoms with Crippen LogP contribution in [0, 0.1) is 0 Å². The number of Topliss-reactive ketones (excluding diaryl/α,β-unsaturated/α-hetero) is 1. The Hall–Kier alpha value is -3.86. The van der Waals surface area contributed by atoms with Crippen LogP contribution < -0.4 is 10.6 Å². The number of carbonyl (C=O) groups excluding carboxylic acids is 3. The molecule has 2 aromatic heterocycles. The fraction of sp³-hybridized carbons (Fsp3) is 0.423. The number of hydrogen-bond acceptors (Lipinski definition) is 7. The maximum Gasteiger partial charge on any atom is 0.243 e. The summed E-state index contributed by atoms with van der Waals surface area (Å²) in [6.07, 6.45) is 6.36. The number of nitrogens with zero attached hydrogens (tertiary/aromatic N) is 4. The van der Waals surface area contributed by atoms with Crippen LogP contribution in [0.3, 0.4) is 0 Å². The fourth-order valence-corrected chi connectivity index (χ4v) is 5.25. The highest BCUT2D eigenvalue weighted by Gasteiger charge is 2.41. The largest absolute Gasteiger partial charge is 0.391 e. The number of carbonyl (C=O) groups is 3. The molecule has 1 saturated heterocycles. The van der Waals surface area contributed by atoms with Crippen molar-refractivity contribution in [1.82, 2.24) is 24.8 Å². The molecule has 0 spiro atoms. The highest BCUT2D eigenvalue weighted by molar-refractivity contribution is 6.08. The molecule has 1 saturated carbocycles. The summed E-state index contributed by atoms with van der Waals surface area (Å²) < 4.78 is 16.0. The molecule has 1 aliphatic carbocycles. The number of aliphatic hydroxyl groups is 1. The van der Waals surface area contributed by atoms with Crippen molar-refractivity contribution in [3.05, 3.63) is 48.7 Å². The Morgan fingerprint density at radius 3 is 2.65 bits per heavy atom. The van der Waals surface area contributed by atoms with E-state index in [-0.39, 0.29) is 31.3 Å². The van der Waals surface area contributed by atoms with E-state index >= 15 is 0 Å². The van der Waals surface area contributed by atoms with Gasteiger partial charge >= 0.3 is 0 Å². The molecule has 0 bridgehead atoms. The van der Waals surface area contributed by atoms with Crippen molar-refractivity contribution in [2.24, 2.45) is 0 Å². The zero-order valence-corrected chi connectivity index (χ0v) is 20.4. The van der Waals surface area contributed by atoms with Gasteiger partial charge in [-0.25, -0.2) is 14.4 Å². The fourth-order valence-electron chi connectivity index (χ4n) is 5.25. The van der Waals surface area contributed by atoms with Gasteiger partial charge in [-0.05, 0) is 44.4 Å². The van der Waals surface area contributed by atoms with Crippen molar-refractivity contribution in [1.29, 1.82) is 0 Å². The van der Waals surface area contributed by atoms with Gasteiger partial charge in [0.1, 0.15) is 25.1 Å². The lowest BCUT2D eigenvalue weighted by molar-refractivity contribution is -0.139. The van der Waals surface area contributed by atoms with Gasteiger partial charge in [-0.1, -0.05) is 0 Å². The standard InChI is InChI=1S/C26H29FN6O4/c1-15(34)20-12-32(22-6-5-17(8-19(20)22)30-18-9-28-14-29-10-18)13-25(36)33-11-16(27)7-23(33)26(37)31-21-3-2-4-24(21)35/h5-6,8-10,12,14,16,21,23-24,30,35H,2-4,7,11,13H2,1H3,(H,31,37)/t16-,21-,23+,24-/m1/s1.